The average molecular weight is 258 g/mol. The van der Waals surface area contributed by atoms with Crippen molar-refractivity contribution in [2.75, 3.05) is 11.9 Å². The summed E-state index contributed by atoms with van der Waals surface area (Å²) < 4.78 is 0. The molecule has 1 aromatic carbocycles. The number of fused-ring (bicyclic) bond motifs is 1. The van der Waals surface area contributed by atoms with E-state index in [1.165, 1.54) is 11.1 Å². The fraction of sp³-hybridized carbons (Fsp3) is 0.562. The highest BCUT2D eigenvalue weighted by atomic mass is 16.2. The molecule has 0 radical (unpaired) electrons. The Kier molecular flexibility index (Phi) is 3.31. The van der Waals surface area contributed by atoms with Crippen molar-refractivity contribution in [1.82, 2.24) is 5.32 Å². The van der Waals surface area contributed by atoms with Gasteiger partial charge in [0.05, 0.1) is 0 Å². The van der Waals surface area contributed by atoms with Gasteiger partial charge >= 0.3 is 0 Å². The molecule has 1 aromatic rings. The molecule has 3 rings (SSSR count). The summed E-state index contributed by atoms with van der Waals surface area (Å²) in [5, 5.41) is 6.48. The molecule has 0 aromatic heterocycles. The van der Waals surface area contributed by atoms with Crippen LogP contribution in [-0.4, -0.2) is 12.5 Å². The van der Waals surface area contributed by atoms with Crippen LogP contribution in [0.4, 0.5) is 5.69 Å². The lowest BCUT2D eigenvalue weighted by molar-refractivity contribution is -0.121. The van der Waals surface area contributed by atoms with Crippen LogP contribution in [0.1, 0.15) is 43.7 Å². The summed E-state index contributed by atoms with van der Waals surface area (Å²) in [4.78, 5) is 12.3. The standard InChI is InChI=1S/C16H22N2O/c1-2-6-16(7-8-16)15(19)18-14-4-3-12-5-9-17-11-13(12)10-14/h3-4,10,17H,2,5-9,11H2,1H3,(H,18,19). The summed E-state index contributed by atoms with van der Waals surface area (Å²) in [7, 11) is 0. The first kappa shape index (κ1) is 12.7. The van der Waals surface area contributed by atoms with Crippen LogP contribution < -0.4 is 10.6 Å². The summed E-state index contributed by atoms with van der Waals surface area (Å²) in [5.41, 5.74) is 3.63. The molecule has 2 aliphatic rings. The lowest BCUT2D eigenvalue weighted by atomic mass is 9.98. The average Bonchev–Trinajstić information content (AvgIpc) is 3.20. The van der Waals surface area contributed by atoms with Crippen molar-refractivity contribution in [2.24, 2.45) is 5.41 Å². The Balaban J connectivity index is 1.71. The molecule has 1 heterocycles. The van der Waals surface area contributed by atoms with E-state index in [2.05, 4.69) is 29.7 Å². The second-order valence-corrected chi connectivity index (χ2v) is 5.89. The van der Waals surface area contributed by atoms with Gasteiger partial charge in [-0.25, -0.2) is 0 Å². The Morgan fingerprint density at radius 3 is 2.95 bits per heavy atom. The van der Waals surface area contributed by atoms with Gasteiger partial charge in [0.1, 0.15) is 0 Å². The van der Waals surface area contributed by atoms with Crippen molar-refractivity contribution < 1.29 is 4.79 Å². The number of hydrogen-bond donors (Lipinski definition) is 2. The monoisotopic (exact) mass is 258 g/mol. The van der Waals surface area contributed by atoms with Gasteiger partial charge in [-0.05, 0) is 55.5 Å². The molecular weight excluding hydrogens is 236 g/mol. The molecule has 1 aliphatic carbocycles. The van der Waals surface area contributed by atoms with Crippen LogP contribution in [0.25, 0.3) is 0 Å². The zero-order valence-electron chi connectivity index (χ0n) is 11.6. The van der Waals surface area contributed by atoms with Gasteiger partial charge in [0.15, 0.2) is 0 Å². The van der Waals surface area contributed by atoms with Crippen molar-refractivity contribution in [1.29, 1.82) is 0 Å². The molecule has 1 amide bonds. The van der Waals surface area contributed by atoms with E-state index in [0.29, 0.717) is 0 Å². The van der Waals surface area contributed by atoms with E-state index in [1.54, 1.807) is 0 Å². The number of anilines is 1. The van der Waals surface area contributed by atoms with Gasteiger partial charge in [0.25, 0.3) is 0 Å². The summed E-state index contributed by atoms with van der Waals surface area (Å²) in [6.45, 7) is 4.12. The molecule has 1 fully saturated rings. The van der Waals surface area contributed by atoms with E-state index in [1.807, 2.05) is 6.07 Å². The van der Waals surface area contributed by atoms with Crippen LogP contribution in [-0.2, 0) is 17.8 Å². The van der Waals surface area contributed by atoms with Gasteiger partial charge in [0, 0.05) is 17.6 Å². The number of nitrogens with one attached hydrogen (secondary N) is 2. The highest BCUT2D eigenvalue weighted by molar-refractivity contribution is 5.97. The fourth-order valence-electron chi connectivity index (χ4n) is 3.04. The second kappa shape index (κ2) is 4.97. The first-order valence-electron chi connectivity index (χ1n) is 7.37. The Morgan fingerprint density at radius 1 is 1.37 bits per heavy atom. The van der Waals surface area contributed by atoms with Crippen molar-refractivity contribution in [3.05, 3.63) is 29.3 Å². The zero-order valence-corrected chi connectivity index (χ0v) is 11.6. The molecule has 1 aliphatic heterocycles. The number of benzene rings is 1. The Bertz CT molecular complexity index is 492. The molecular formula is C16H22N2O. The third-order valence-corrected chi connectivity index (χ3v) is 4.41. The predicted octanol–water partition coefficient (Wildman–Crippen LogP) is 2.85. The number of amides is 1. The third kappa shape index (κ3) is 2.52. The largest absolute Gasteiger partial charge is 0.326 e. The number of hydrogen-bond acceptors (Lipinski definition) is 2. The number of rotatable bonds is 4. The van der Waals surface area contributed by atoms with Crippen molar-refractivity contribution >= 4 is 11.6 Å². The third-order valence-electron chi connectivity index (χ3n) is 4.41. The SMILES string of the molecule is CCCC1(C(=O)Nc2ccc3c(c2)CNCC3)CC1. The van der Waals surface area contributed by atoms with E-state index >= 15 is 0 Å². The smallest absolute Gasteiger partial charge is 0.230 e. The van der Waals surface area contributed by atoms with Gasteiger partial charge in [-0.3, -0.25) is 4.79 Å². The predicted molar refractivity (Wildman–Crippen MR) is 77.1 cm³/mol. The summed E-state index contributed by atoms with van der Waals surface area (Å²) in [6, 6.07) is 6.33. The van der Waals surface area contributed by atoms with Crippen LogP contribution in [0.3, 0.4) is 0 Å². The Labute approximate surface area is 114 Å². The maximum absolute atomic E-state index is 12.3. The van der Waals surface area contributed by atoms with Crippen LogP contribution in [0, 0.1) is 5.41 Å². The second-order valence-electron chi connectivity index (χ2n) is 5.89. The van der Waals surface area contributed by atoms with E-state index < -0.39 is 0 Å². The maximum Gasteiger partial charge on any atom is 0.230 e. The molecule has 0 bridgehead atoms. The lowest BCUT2D eigenvalue weighted by Crippen LogP contribution is -2.26. The van der Waals surface area contributed by atoms with Crippen molar-refractivity contribution in [2.45, 2.75) is 45.6 Å². The summed E-state index contributed by atoms with van der Waals surface area (Å²) in [6.07, 6.45) is 5.30. The normalized spacial score (nSPS) is 19.6. The van der Waals surface area contributed by atoms with E-state index in [0.717, 1.165) is 50.9 Å². The highest BCUT2D eigenvalue weighted by Crippen LogP contribution is 2.50. The minimum absolute atomic E-state index is 0.0527. The minimum Gasteiger partial charge on any atom is -0.326 e. The first-order valence-corrected chi connectivity index (χ1v) is 7.37. The van der Waals surface area contributed by atoms with Gasteiger partial charge in [-0.1, -0.05) is 19.4 Å². The van der Waals surface area contributed by atoms with Gasteiger partial charge in [-0.15, -0.1) is 0 Å². The highest BCUT2D eigenvalue weighted by Gasteiger charge is 2.48. The van der Waals surface area contributed by atoms with Gasteiger partial charge < -0.3 is 10.6 Å². The molecule has 0 atom stereocenters. The lowest BCUT2D eigenvalue weighted by Gasteiger charge is -2.19. The molecule has 0 saturated heterocycles. The minimum atomic E-state index is -0.0527. The van der Waals surface area contributed by atoms with E-state index in [4.69, 9.17) is 0 Å². The molecule has 0 spiro atoms. The van der Waals surface area contributed by atoms with E-state index in [-0.39, 0.29) is 11.3 Å². The van der Waals surface area contributed by atoms with Crippen LogP contribution in [0.2, 0.25) is 0 Å². The molecule has 3 nitrogen and oxygen atoms in total. The molecule has 19 heavy (non-hydrogen) atoms. The van der Waals surface area contributed by atoms with Crippen molar-refractivity contribution in [3.63, 3.8) is 0 Å². The molecule has 0 unspecified atom stereocenters. The molecule has 1 saturated carbocycles. The number of carbonyl (C=O) groups is 1. The maximum atomic E-state index is 12.3. The van der Waals surface area contributed by atoms with Crippen LogP contribution >= 0.6 is 0 Å². The Hall–Kier alpha value is -1.35. The van der Waals surface area contributed by atoms with Crippen LogP contribution in [0.15, 0.2) is 18.2 Å². The van der Waals surface area contributed by atoms with Gasteiger partial charge in [-0.2, -0.15) is 0 Å². The molecule has 2 N–H and O–H groups in total. The van der Waals surface area contributed by atoms with E-state index in [9.17, 15) is 4.79 Å². The summed E-state index contributed by atoms with van der Waals surface area (Å²) in [5.74, 6) is 0.220. The number of carbonyl (C=O) groups excluding carboxylic acids is 1. The molecule has 102 valence electrons. The zero-order chi connectivity index (χ0) is 13.3. The van der Waals surface area contributed by atoms with Crippen molar-refractivity contribution in [3.8, 4) is 0 Å². The fourth-order valence-corrected chi connectivity index (χ4v) is 3.04. The first-order chi connectivity index (χ1) is 9.23. The quantitative estimate of drug-likeness (QED) is 0.872. The van der Waals surface area contributed by atoms with Gasteiger partial charge in [0.2, 0.25) is 5.91 Å². The topological polar surface area (TPSA) is 41.1 Å². The molecule has 3 heteroatoms. The van der Waals surface area contributed by atoms with Crippen LogP contribution in [0.5, 0.6) is 0 Å². The summed E-state index contributed by atoms with van der Waals surface area (Å²) >= 11 is 0. The Morgan fingerprint density at radius 2 is 2.21 bits per heavy atom.